The molecule has 0 N–H and O–H groups in total. The number of aromatic nitrogens is 3. The highest BCUT2D eigenvalue weighted by Crippen LogP contribution is 2.38. The fourth-order valence-electron chi connectivity index (χ4n) is 2.09. The SMILES string of the molecule is CCc1nc(C)c(C(=O)N(C)Cc2nc(C3CC3)no2)o1. The molecule has 2 aromatic rings. The van der Waals surface area contributed by atoms with Crippen LogP contribution in [0.15, 0.2) is 8.94 Å². The molecule has 3 rings (SSSR count). The van der Waals surface area contributed by atoms with E-state index in [0.29, 0.717) is 29.8 Å². The number of aryl methyl sites for hydroxylation is 2. The summed E-state index contributed by atoms with van der Waals surface area (Å²) in [6.07, 6.45) is 2.89. The molecule has 1 aliphatic carbocycles. The molecule has 0 radical (unpaired) electrons. The lowest BCUT2D eigenvalue weighted by Gasteiger charge is -2.12. The minimum atomic E-state index is -0.231. The van der Waals surface area contributed by atoms with Gasteiger partial charge in [-0.05, 0) is 19.8 Å². The van der Waals surface area contributed by atoms with E-state index in [9.17, 15) is 4.79 Å². The third kappa shape index (κ3) is 2.81. The van der Waals surface area contributed by atoms with Crippen LogP contribution in [0.25, 0.3) is 0 Å². The van der Waals surface area contributed by atoms with Crippen molar-refractivity contribution in [3.63, 3.8) is 0 Å². The Morgan fingerprint density at radius 1 is 1.33 bits per heavy atom. The van der Waals surface area contributed by atoms with E-state index >= 15 is 0 Å². The molecule has 1 saturated carbocycles. The van der Waals surface area contributed by atoms with Crippen molar-refractivity contribution in [1.29, 1.82) is 0 Å². The van der Waals surface area contributed by atoms with Crippen LogP contribution in [-0.2, 0) is 13.0 Å². The van der Waals surface area contributed by atoms with Gasteiger partial charge in [-0.2, -0.15) is 4.98 Å². The van der Waals surface area contributed by atoms with E-state index in [2.05, 4.69) is 15.1 Å². The minimum Gasteiger partial charge on any atom is -0.435 e. The van der Waals surface area contributed by atoms with Crippen LogP contribution < -0.4 is 0 Å². The van der Waals surface area contributed by atoms with E-state index in [4.69, 9.17) is 8.94 Å². The Bertz CT molecular complexity index is 657. The molecule has 0 spiro atoms. The van der Waals surface area contributed by atoms with Gasteiger partial charge < -0.3 is 13.8 Å². The molecule has 0 unspecified atom stereocenters. The predicted molar refractivity (Wildman–Crippen MR) is 72.7 cm³/mol. The summed E-state index contributed by atoms with van der Waals surface area (Å²) in [5.41, 5.74) is 0.605. The van der Waals surface area contributed by atoms with E-state index in [1.54, 1.807) is 14.0 Å². The number of hydrogen-bond acceptors (Lipinski definition) is 6. The topological polar surface area (TPSA) is 85.3 Å². The van der Waals surface area contributed by atoms with Crippen molar-refractivity contribution >= 4 is 5.91 Å². The average Bonchev–Trinajstić information content (AvgIpc) is 3.10. The molecule has 1 aliphatic rings. The lowest BCUT2D eigenvalue weighted by atomic mass is 10.3. The molecule has 0 aliphatic heterocycles. The van der Waals surface area contributed by atoms with Crippen LogP contribution in [-0.4, -0.2) is 33.0 Å². The summed E-state index contributed by atoms with van der Waals surface area (Å²) in [5, 5.41) is 3.94. The van der Waals surface area contributed by atoms with Crippen molar-refractivity contribution in [2.75, 3.05) is 7.05 Å². The predicted octanol–water partition coefficient (Wildman–Crippen LogP) is 2.08. The molecule has 0 atom stereocenters. The second-order valence-corrected chi connectivity index (χ2v) is 5.36. The largest absolute Gasteiger partial charge is 0.435 e. The molecule has 0 aromatic carbocycles. The molecule has 7 nitrogen and oxygen atoms in total. The van der Waals surface area contributed by atoms with Crippen molar-refractivity contribution in [3.8, 4) is 0 Å². The number of amides is 1. The second kappa shape index (κ2) is 5.31. The average molecular weight is 290 g/mol. The molecular formula is C14H18N4O3. The lowest BCUT2D eigenvalue weighted by Crippen LogP contribution is -2.26. The highest BCUT2D eigenvalue weighted by molar-refractivity contribution is 5.92. The third-order valence-corrected chi connectivity index (χ3v) is 3.48. The summed E-state index contributed by atoms with van der Waals surface area (Å²) >= 11 is 0. The number of hydrogen-bond donors (Lipinski definition) is 0. The molecule has 0 bridgehead atoms. The Labute approximate surface area is 122 Å². The summed E-state index contributed by atoms with van der Waals surface area (Å²) in [5.74, 6) is 2.24. The summed E-state index contributed by atoms with van der Waals surface area (Å²) in [6, 6.07) is 0. The molecule has 2 heterocycles. The van der Waals surface area contributed by atoms with Gasteiger partial charge in [0.15, 0.2) is 11.7 Å². The number of carbonyl (C=O) groups is 1. The first-order valence-corrected chi connectivity index (χ1v) is 7.12. The fraction of sp³-hybridized carbons (Fsp3) is 0.571. The van der Waals surface area contributed by atoms with Gasteiger partial charge in [-0.25, -0.2) is 4.98 Å². The monoisotopic (exact) mass is 290 g/mol. The van der Waals surface area contributed by atoms with Gasteiger partial charge >= 0.3 is 0 Å². The lowest BCUT2D eigenvalue weighted by molar-refractivity contribution is 0.0735. The van der Waals surface area contributed by atoms with Gasteiger partial charge in [0.05, 0.1) is 5.69 Å². The molecular weight excluding hydrogens is 272 g/mol. The Morgan fingerprint density at radius 3 is 2.71 bits per heavy atom. The van der Waals surface area contributed by atoms with Gasteiger partial charge in [0.1, 0.15) is 6.54 Å². The van der Waals surface area contributed by atoms with E-state index in [1.807, 2.05) is 6.92 Å². The smallest absolute Gasteiger partial charge is 0.291 e. The normalized spacial score (nSPS) is 14.4. The number of rotatable bonds is 5. The minimum absolute atomic E-state index is 0.231. The summed E-state index contributed by atoms with van der Waals surface area (Å²) in [7, 11) is 1.68. The van der Waals surface area contributed by atoms with Gasteiger partial charge in [0.25, 0.3) is 5.91 Å². The van der Waals surface area contributed by atoms with Crippen molar-refractivity contribution in [1.82, 2.24) is 20.0 Å². The first kappa shape index (κ1) is 13.8. The first-order chi connectivity index (χ1) is 10.1. The van der Waals surface area contributed by atoms with Crippen LogP contribution in [0, 0.1) is 6.92 Å². The van der Waals surface area contributed by atoms with E-state index in [-0.39, 0.29) is 18.2 Å². The number of oxazole rings is 1. The van der Waals surface area contributed by atoms with Gasteiger partial charge in [-0.3, -0.25) is 4.79 Å². The van der Waals surface area contributed by atoms with E-state index in [1.165, 1.54) is 4.90 Å². The van der Waals surface area contributed by atoms with Crippen molar-refractivity contribution in [2.24, 2.45) is 0 Å². The Hall–Kier alpha value is -2.18. The third-order valence-electron chi connectivity index (χ3n) is 3.48. The summed E-state index contributed by atoms with van der Waals surface area (Å²) in [6.45, 7) is 3.96. The highest BCUT2D eigenvalue weighted by atomic mass is 16.5. The van der Waals surface area contributed by atoms with Gasteiger partial charge in [0, 0.05) is 19.4 Å². The van der Waals surface area contributed by atoms with Gasteiger partial charge in [0.2, 0.25) is 11.7 Å². The first-order valence-electron chi connectivity index (χ1n) is 7.12. The van der Waals surface area contributed by atoms with Crippen LogP contribution >= 0.6 is 0 Å². The maximum Gasteiger partial charge on any atom is 0.291 e. The fourth-order valence-corrected chi connectivity index (χ4v) is 2.09. The van der Waals surface area contributed by atoms with Crippen LogP contribution in [0.1, 0.15) is 59.5 Å². The second-order valence-electron chi connectivity index (χ2n) is 5.36. The summed E-state index contributed by atoms with van der Waals surface area (Å²) < 4.78 is 10.6. The van der Waals surface area contributed by atoms with Gasteiger partial charge in [-0.1, -0.05) is 12.1 Å². The van der Waals surface area contributed by atoms with Crippen LogP contribution in [0.2, 0.25) is 0 Å². The molecule has 1 fully saturated rings. The van der Waals surface area contributed by atoms with Crippen LogP contribution in [0.5, 0.6) is 0 Å². The zero-order valence-corrected chi connectivity index (χ0v) is 12.4. The number of nitrogens with zero attached hydrogens (tertiary/aromatic N) is 4. The molecule has 2 aromatic heterocycles. The standard InChI is InChI=1S/C14H18N4O3/c1-4-10-15-8(2)12(20-10)14(19)18(3)7-11-16-13(17-21-11)9-5-6-9/h9H,4-7H2,1-3H3. The Morgan fingerprint density at radius 2 is 2.10 bits per heavy atom. The molecule has 0 saturated heterocycles. The molecule has 1 amide bonds. The molecule has 7 heteroatoms. The van der Waals surface area contributed by atoms with E-state index in [0.717, 1.165) is 18.7 Å². The van der Waals surface area contributed by atoms with Crippen molar-refractivity contribution in [2.45, 2.75) is 45.6 Å². The van der Waals surface area contributed by atoms with E-state index < -0.39 is 0 Å². The van der Waals surface area contributed by atoms with Crippen LogP contribution in [0.3, 0.4) is 0 Å². The molecule has 21 heavy (non-hydrogen) atoms. The van der Waals surface area contributed by atoms with Gasteiger partial charge in [-0.15, -0.1) is 0 Å². The zero-order valence-electron chi connectivity index (χ0n) is 12.4. The van der Waals surface area contributed by atoms with Crippen molar-refractivity contribution in [3.05, 3.63) is 29.1 Å². The summed E-state index contributed by atoms with van der Waals surface area (Å²) in [4.78, 5) is 22.4. The molecule has 112 valence electrons. The quantitative estimate of drug-likeness (QED) is 0.838. The van der Waals surface area contributed by atoms with Crippen molar-refractivity contribution < 1.29 is 13.7 Å². The Balaban J connectivity index is 1.69. The Kier molecular flexibility index (Phi) is 3.48. The van der Waals surface area contributed by atoms with Crippen LogP contribution in [0.4, 0.5) is 0 Å². The number of carbonyl (C=O) groups excluding carboxylic acids is 1. The maximum absolute atomic E-state index is 12.4. The zero-order chi connectivity index (χ0) is 15.0. The highest BCUT2D eigenvalue weighted by Gasteiger charge is 2.29. The maximum atomic E-state index is 12.4.